The molecule has 0 aromatic heterocycles. The molecule has 0 saturated heterocycles. The average molecular weight is 172 g/mol. The highest BCUT2D eigenvalue weighted by molar-refractivity contribution is 5.86. The van der Waals surface area contributed by atoms with Gasteiger partial charge in [0.15, 0.2) is 0 Å². The van der Waals surface area contributed by atoms with E-state index in [4.69, 9.17) is 0 Å². The Kier molecular flexibility index (Phi) is 4.51. The van der Waals surface area contributed by atoms with E-state index in [1.54, 1.807) is 20.9 Å². The van der Waals surface area contributed by atoms with Crippen molar-refractivity contribution in [2.24, 2.45) is 11.8 Å². The molecule has 0 rings (SSSR count). The SMILES string of the molecule is CNNC(=O)C(C)C(C)C(C)=O. The van der Waals surface area contributed by atoms with Crippen molar-refractivity contribution in [1.29, 1.82) is 0 Å². The minimum atomic E-state index is -0.282. The van der Waals surface area contributed by atoms with Crippen molar-refractivity contribution in [2.45, 2.75) is 20.8 Å². The highest BCUT2D eigenvalue weighted by Gasteiger charge is 2.22. The van der Waals surface area contributed by atoms with Gasteiger partial charge in [0.25, 0.3) is 0 Å². The molecule has 0 spiro atoms. The Balaban J connectivity index is 4.09. The summed E-state index contributed by atoms with van der Waals surface area (Å²) >= 11 is 0. The third-order valence-corrected chi connectivity index (χ3v) is 2.05. The van der Waals surface area contributed by atoms with Crippen LogP contribution < -0.4 is 10.9 Å². The van der Waals surface area contributed by atoms with Crippen LogP contribution in [0.1, 0.15) is 20.8 Å². The number of ketones is 1. The van der Waals surface area contributed by atoms with Crippen LogP contribution in [0.25, 0.3) is 0 Å². The van der Waals surface area contributed by atoms with Crippen molar-refractivity contribution >= 4 is 11.7 Å². The van der Waals surface area contributed by atoms with Crippen LogP contribution in [0, 0.1) is 11.8 Å². The van der Waals surface area contributed by atoms with Gasteiger partial charge in [-0.25, -0.2) is 5.43 Å². The largest absolute Gasteiger partial charge is 0.300 e. The Morgan fingerprint density at radius 1 is 1.17 bits per heavy atom. The molecule has 1 amide bonds. The fraction of sp³-hybridized carbons (Fsp3) is 0.750. The number of nitrogens with one attached hydrogen (secondary N) is 2. The maximum absolute atomic E-state index is 11.2. The van der Waals surface area contributed by atoms with E-state index < -0.39 is 0 Å². The van der Waals surface area contributed by atoms with Gasteiger partial charge in [-0.3, -0.25) is 15.0 Å². The van der Waals surface area contributed by atoms with Crippen LogP contribution in [0.2, 0.25) is 0 Å². The lowest BCUT2D eigenvalue weighted by Crippen LogP contribution is -2.40. The van der Waals surface area contributed by atoms with Crippen LogP contribution in [-0.4, -0.2) is 18.7 Å². The van der Waals surface area contributed by atoms with E-state index in [9.17, 15) is 9.59 Å². The number of hydrazine groups is 1. The van der Waals surface area contributed by atoms with E-state index in [2.05, 4.69) is 10.9 Å². The van der Waals surface area contributed by atoms with Crippen molar-refractivity contribution in [2.75, 3.05) is 7.05 Å². The monoisotopic (exact) mass is 172 g/mol. The standard InChI is InChI=1S/C8H16N2O2/c1-5(7(3)11)6(2)8(12)10-9-4/h5-6,9H,1-4H3,(H,10,12). The van der Waals surface area contributed by atoms with Gasteiger partial charge in [-0.15, -0.1) is 0 Å². The zero-order valence-electron chi connectivity index (χ0n) is 7.97. The molecular formula is C8H16N2O2. The quantitative estimate of drug-likeness (QED) is 0.591. The van der Waals surface area contributed by atoms with Crippen molar-refractivity contribution in [3.63, 3.8) is 0 Å². The molecule has 0 aromatic carbocycles. The van der Waals surface area contributed by atoms with Gasteiger partial charge in [0.05, 0.1) is 0 Å². The molecule has 2 atom stereocenters. The zero-order valence-corrected chi connectivity index (χ0v) is 7.97. The maximum Gasteiger partial charge on any atom is 0.237 e. The summed E-state index contributed by atoms with van der Waals surface area (Å²) < 4.78 is 0. The summed E-state index contributed by atoms with van der Waals surface area (Å²) in [5.74, 6) is -0.623. The first kappa shape index (κ1) is 11.1. The Bertz CT molecular complexity index is 180. The number of Topliss-reactive ketones (excluding diaryl/α,β-unsaturated/α-hetero) is 1. The second-order valence-corrected chi connectivity index (χ2v) is 2.93. The van der Waals surface area contributed by atoms with Crippen molar-refractivity contribution < 1.29 is 9.59 Å². The lowest BCUT2D eigenvalue weighted by Gasteiger charge is -2.15. The Labute approximate surface area is 72.7 Å². The topological polar surface area (TPSA) is 58.2 Å². The molecule has 0 heterocycles. The highest BCUT2D eigenvalue weighted by atomic mass is 16.2. The molecule has 0 aliphatic carbocycles. The fourth-order valence-electron chi connectivity index (χ4n) is 0.816. The number of carbonyl (C=O) groups excluding carboxylic acids is 2. The third kappa shape index (κ3) is 3.00. The highest BCUT2D eigenvalue weighted by Crippen LogP contribution is 2.11. The van der Waals surface area contributed by atoms with Gasteiger partial charge in [0.2, 0.25) is 5.91 Å². The minimum Gasteiger partial charge on any atom is -0.300 e. The molecule has 0 fully saturated rings. The molecule has 70 valence electrons. The van der Waals surface area contributed by atoms with Crippen LogP contribution in [0.3, 0.4) is 0 Å². The van der Waals surface area contributed by atoms with Crippen LogP contribution >= 0.6 is 0 Å². The summed E-state index contributed by atoms with van der Waals surface area (Å²) in [6.07, 6.45) is 0. The first-order valence-electron chi connectivity index (χ1n) is 3.97. The Morgan fingerprint density at radius 2 is 1.67 bits per heavy atom. The number of carbonyl (C=O) groups is 2. The smallest absolute Gasteiger partial charge is 0.237 e. The zero-order chi connectivity index (χ0) is 9.72. The van der Waals surface area contributed by atoms with Crippen LogP contribution in [0.15, 0.2) is 0 Å². The summed E-state index contributed by atoms with van der Waals surface area (Å²) in [5.41, 5.74) is 4.97. The first-order chi connectivity index (χ1) is 5.50. The molecule has 4 heteroatoms. The average Bonchev–Trinajstić information content (AvgIpc) is 2.02. The molecule has 0 saturated carbocycles. The second kappa shape index (κ2) is 4.87. The third-order valence-electron chi connectivity index (χ3n) is 2.05. The Morgan fingerprint density at radius 3 is 2.00 bits per heavy atom. The molecular weight excluding hydrogens is 156 g/mol. The summed E-state index contributed by atoms with van der Waals surface area (Å²) in [6, 6.07) is 0. The second-order valence-electron chi connectivity index (χ2n) is 2.93. The van der Waals surface area contributed by atoms with E-state index in [1.807, 2.05) is 0 Å². The van der Waals surface area contributed by atoms with Gasteiger partial charge in [-0.05, 0) is 6.92 Å². The number of rotatable bonds is 4. The molecule has 0 radical (unpaired) electrons. The van der Waals surface area contributed by atoms with Gasteiger partial charge in [0, 0.05) is 18.9 Å². The molecule has 0 aromatic rings. The van der Waals surface area contributed by atoms with Gasteiger partial charge < -0.3 is 0 Å². The minimum absolute atomic E-state index is 0.0359. The summed E-state index contributed by atoms with van der Waals surface area (Å²) in [7, 11) is 1.61. The molecule has 0 aliphatic heterocycles. The molecule has 4 nitrogen and oxygen atoms in total. The maximum atomic E-state index is 11.2. The van der Waals surface area contributed by atoms with Gasteiger partial charge >= 0.3 is 0 Å². The van der Waals surface area contributed by atoms with Crippen LogP contribution in [0.5, 0.6) is 0 Å². The van der Waals surface area contributed by atoms with Crippen molar-refractivity contribution in [3.05, 3.63) is 0 Å². The number of hydrogen-bond acceptors (Lipinski definition) is 3. The van der Waals surface area contributed by atoms with Crippen molar-refractivity contribution in [3.8, 4) is 0 Å². The predicted octanol–water partition coefficient (Wildman–Crippen LogP) is 0.0982. The normalized spacial score (nSPS) is 15.0. The summed E-state index contributed by atoms with van der Waals surface area (Å²) in [5, 5.41) is 0. The predicted molar refractivity (Wildman–Crippen MR) is 46.2 cm³/mol. The first-order valence-corrected chi connectivity index (χ1v) is 3.97. The summed E-state index contributed by atoms with van der Waals surface area (Å²) in [6.45, 7) is 4.98. The Hall–Kier alpha value is -0.900. The molecule has 0 aliphatic rings. The van der Waals surface area contributed by atoms with Crippen molar-refractivity contribution in [1.82, 2.24) is 10.9 Å². The van der Waals surface area contributed by atoms with E-state index in [0.29, 0.717) is 0 Å². The molecule has 2 unspecified atom stereocenters. The summed E-state index contributed by atoms with van der Waals surface area (Å²) in [4.78, 5) is 22.1. The number of amides is 1. The van der Waals surface area contributed by atoms with E-state index >= 15 is 0 Å². The number of hydrogen-bond donors (Lipinski definition) is 2. The lowest BCUT2D eigenvalue weighted by atomic mass is 9.92. The van der Waals surface area contributed by atoms with E-state index in [0.717, 1.165) is 0 Å². The van der Waals surface area contributed by atoms with Gasteiger partial charge in [-0.2, -0.15) is 0 Å². The lowest BCUT2D eigenvalue weighted by molar-refractivity contribution is -0.132. The van der Waals surface area contributed by atoms with Gasteiger partial charge in [-0.1, -0.05) is 13.8 Å². The fourth-order valence-corrected chi connectivity index (χ4v) is 0.816. The molecule has 0 bridgehead atoms. The van der Waals surface area contributed by atoms with E-state index in [1.165, 1.54) is 6.92 Å². The molecule has 2 N–H and O–H groups in total. The van der Waals surface area contributed by atoms with Gasteiger partial charge in [0.1, 0.15) is 5.78 Å². The van der Waals surface area contributed by atoms with Crippen LogP contribution in [0.4, 0.5) is 0 Å². The van der Waals surface area contributed by atoms with E-state index in [-0.39, 0.29) is 23.5 Å². The van der Waals surface area contributed by atoms with Crippen LogP contribution in [-0.2, 0) is 9.59 Å². The molecule has 12 heavy (non-hydrogen) atoms.